The van der Waals surface area contributed by atoms with E-state index >= 15 is 0 Å². The molecule has 2 heterocycles. The van der Waals surface area contributed by atoms with Gasteiger partial charge >= 0.3 is 6.03 Å². The number of nitrogens with zero attached hydrogens (tertiary/aromatic N) is 3. The summed E-state index contributed by atoms with van der Waals surface area (Å²) < 4.78 is 27.7. The number of hydrogen-bond acceptors (Lipinski definition) is 8. The number of amides is 5. The van der Waals surface area contributed by atoms with Crippen molar-refractivity contribution in [1.82, 2.24) is 35.5 Å². The number of sulfonamides is 1. The normalized spacial score (nSPS) is 23.7. The standard InChI is InChI=1S/C38H59N7O7S/c1-37(2,3)28(22-44(7)53(51,52)29-16-8-9-19-39-29)42-36(50)43-32(38(4,5)6)35(49)45-21-24-14-11-15-26(24)30(45)33(47)41-27(20-23-12-10-13-23)31(46)34(48)40-25-17-18-25/h8-9,16,19,23-28,30,32H,10-15,17-18,20-22H2,1-7H3,(H,40,48)(H,41,47)(H2,42,43,50)/t24-,26-,27?,28+,30-,32+/m0/s1. The lowest BCUT2D eigenvalue weighted by atomic mass is 9.80. The van der Waals surface area contributed by atoms with Gasteiger partial charge in [0.2, 0.25) is 17.6 Å². The quantitative estimate of drug-likeness (QED) is 0.209. The van der Waals surface area contributed by atoms with Crippen LogP contribution >= 0.6 is 0 Å². The second-order valence-electron chi connectivity index (χ2n) is 17.8. The van der Waals surface area contributed by atoms with E-state index in [2.05, 4.69) is 26.3 Å². The second-order valence-corrected chi connectivity index (χ2v) is 19.8. The van der Waals surface area contributed by atoms with Crippen molar-refractivity contribution < 1.29 is 32.4 Å². The Labute approximate surface area is 314 Å². The van der Waals surface area contributed by atoms with Crippen molar-refractivity contribution in [3.05, 3.63) is 24.4 Å². The van der Waals surface area contributed by atoms with Crippen molar-refractivity contribution >= 4 is 39.6 Å². The van der Waals surface area contributed by atoms with E-state index in [0.29, 0.717) is 13.0 Å². The highest BCUT2D eigenvalue weighted by atomic mass is 32.2. The summed E-state index contributed by atoms with van der Waals surface area (Å²) in [4.78, 5) is 74.4. The van der Waals surface area contributed by atoms with Crippen LogP contribution in [0.25, 0.3) is 0 Å². The van der Waals surface area contributed by atoms with Gasteiger partial charge in [-0.25, -0.2) is 18.2 Å². The lowest BCUT2D eigenvalue weighted by Gasteiger charge is -2.38. The van der Waals surface area contributed by atoms with Crippen LogP contribution in [-0.4, -0.2) is 102 Å². The average Bonchev–Trinajstić information content (AvgIpc) is 3.63. The third kappa shape index (κ3) is 9.75. The minimum absolute atomic E-state index is 0.00643. The molecule has 5 amide bonds. The molecular formula is C38H59N7O7S. The lowest BCUT2D eigenvalue weighted by Crippen LogP contribution is -2.62. The first kappa shape index (κ1) is 40.6. The molecule has 1 unspecified atom stereocenters. The molecule has 0 bridgehead atoms. The first-order valence-electron chi connectivity index (χ1n) is 19.2. The third-order valence-corrected chi connectivity index (χ3v) is 13.2. The Balaban J connectivity index is 1.32. The molecule has 3 aliphatic carbocycles. The Kier molecular flexibility index (Phi) is 12.3. The summed E-state index contributed by atoms with van der Waals surface area (Å²) in [6.07, 6.45) is 8.94. The van der Waals surface area contributed by atoms with Gasteiger partial charge in [-0.15, -0.1) is 0 Å². The van der Waals surface area contributed by atoms with Crippen molar-refractivity contribution in [2.24, 2.45) is 28.6 Å². The minimum atomic E-state index is -3.94. The fraction of sp³-hybridized carbons (Fsp3) is 0.737. The summed E-state index contributed by atoms with van der Waals surface area (Å²) in [5.41, 5.74) is -1.35. The van der Waals surface area contributed by atoms with Gasteiger partial charge < -0.3 is 26.2 Å². The highest BCUT2D eigenvalue weighted by Gasteiger charge is 2.52. The molecular weight excluding hydrogens is 699 g/mol. The molecule has 0 spiro atoms. The molecule has 1 aromatic heterocycles. The summed E-state index contributed by atoms with van der Waals surface area (Å²) in [5, 5.41) is 11.4. The molecule has 4 fully saturated rings. The molecule has 5 rings (SSSR count). The number of nitrogens with one attached hydrogen (secondary N) is 4. The van der Waals surface area contributed by atoms with Gasteiger partial charge in [-0.05, 0) is 72.8 Å². The van der Waals surface area contributed by atoms with E-state index < -0.39 is 74.6 Å². The average molecular weight is 758 g/mol. The minimum Gasteiger partial charge on any atom is -0.347 e. The Hall–Kier alpha value is -3.59. The Morgan fingerprint density at radius 3 is 2.15 bits per heavy atom. The topological polar surface area (TPSA) is 187 Å². The number of Topliss-reactive ketones (excluding diaryl/α,β-unsaturated/α-hetero) is 1. The SMILES string of the molecule is CN(C[C@@H](NC(=O)N[C@H](C(=O)N1C[C@@H]2CCC[C@@H]2[C@H]1C(=O)NC(CC1CCC1)C(=O)C(=O)NC1CC1)C(C)(C)C)C(C)(C)C)S(=O)(=O)c1ccccn1. The van der Waals surface area contributed by atoms with Gasteiger partial charge in [-0.1, -0.05) is 73.3 Å². The number of carbonyl (C=O) groups excluding carboxylic acids is 5. The van der Waals surface area contributed by atoms with E-state index in [4.69, 9.17) is 0 Å². The Morgan fingerprint density at radius 1 is 0.906 bits per heavy atom. The number of rotatable bonds is 14. The van der Waals surface area contributed by atoms with Crippen LogP contribution < -0.4 is 21.3 Å². The van der Waals surface area contributed by atoms with Crippen molar-refractivity contribution in [3.63, 3.8) is 0 Å². The summed E-state index contributed by atoms with van der Waals surface area (Å²) in [5.74, 6) is -1.91. The predicted molar refractivity (Wildman–Crippen MR) is 199 cm³/mol. The first-order chi connectivity index (χ1) is 24.8. The van der Waals surface area contributed by atoms with Gasteiger partial charge in [-0.2, -0.15) is 4.31 Å². The maximum absolute atomic E-state index is 14.6. The van der Waals surface area contributed by atoms with Gasteiger partial charge in [0, 0.05) is 38.4 Å². The Morgan fingerprint density at radius 2 is 1.58 bits per heavy atom. The predicted octanol–water partition coefficient (Wildman–Crippen LogP) is 2.98. The summed E-state index contributed by atoms with van der Waals surface area (Å²) in [6.45, 7) is 11.5. The van der Waals surface area contributed by atoms with Crippen molar-refractivity contribution in [2.75, 3.05) is 20.1 Å². The number of likely N-dealkylation sites (tertiary alicyclic amines) is 1. The molecule has 294 valence electrons. The molecule has 4 N–H and O–H groups in total. The van der Waals surface area contributed by atoms with E-state index in [-0.39, 0.29) is 35.4 Å². The fourth-order valence-corrected chi connectivity index (χ4v) is 8.87. The van der Waals surface area contributed by atoms with Crippen LogP contribution in [0.4, 0.5) is 4.79 Å². The summed E-state index contributed by atoms with van der Waals surface area (Å²) >= 11 is 0. The number of fused-ring (bicyclic) bond motifs is 1. The largest absolute Gasteiger partial charge is 0.347 e. The zero-order valence-corrected chi connectivity index (χ0v) is 33.1. The van der Waals surface area contributed by atoms with Crippen LogP contribution in [0.15, 0.2) is 29.4 Å². The highest BCUT2D eigenvalue weighted by Crippen LogP contribution is 2.43. The van der Waals surface area contributed by atoms with Crippen molar-refractivity contribution in [2.45, 2.75) is 135 Å². The molecule has 3 saturated carbocycles. The maximum Gasteiger partial charge on any atom is 0.315 e. The van der Waals surface area contributed by atoms with Crippen LogP contribution in [-0.2, 0) is 29.2 Å². The zero-order chi connectivity index (χ0) is 38.9. The number of hydrogen-bond donors (Lipinski definition) is 4. The molecule has 0 radical (unpaired) electrons. The van der Waals surface area contributed by atoms with Crippen LogP contribution in [0.1, 0.15) is 99.3 Å². The molecule has 6 atom stereocenters. The second kappa shape index (κ2) is 16.0. The van der Waals surface area contributed by atoms with Gasteiger partial charge in [0.05, 0.1) is 6.04 Å². The van der Waals surface area contributed by atoms with Gasteiger partial charge in [0.15, 0.2) is 5.03 Å². The first-order valence-corrected chi connectivity index (χ1v) is 20.6. The molecule has 1 aliphatic heterocycles. The van der Waals surface area contributed by atoms with Crippen molar-refractivity contribution in [1.29, 1.82) is 0 Å². The van der Waals surface area contributed by atoms with E-state index in [9.17, 15) is 32.4 Å². The van der Waals surface area contributed by atoms with E-state index in [0.717, 1.165) is 55.7 Å². The number of urea groups is 1. The van der Waals surface area contributed by atoms with Gasteiger partial charge in [-0.3, -0.25) is 19.2 Å². The Bertz CT molecular complexity index is 1630. The zero-order valence-electron chi connectivity index (χ0n) is 32.3. The third-order valence-electron chi connectivity index (χ3n) is 11.5. The number of ketones is 1. The molecule has 1 saturated heterocycles. The number of aromatic nitrogens is 1. The number of likely N-dealkylation sites (N-methyl/N-ethyl adjacent to an activating group) is 1. The molecule has 1 aromatic rings. The molecule has 0 aromatic carbocycles. The summed E-state index contributed by atoms with van der Waals surface area (Å²) in [7, 11) is -2.51. The molecule has 4 aliphatic rings. The van der Waals surface area contributed by atoms with Crippen LogP contribution in [0.5, 0.6) is 0 Å². The van der Waals surface area contributed by atoms with E-state index in [1.807, 2.05) is 41.5 Å². The molecule has 53 heavy (non-hydrogen) atoms. The molecule has 14 nitrogen and oxygen atoms in total. The van der Waals surface area contributed by atoms with Gasteiger partial charge in [0.25, 0.3) is 15.9 Å². The number of carbonyl (C=O) groups is 5. The fourth-order valence-electron chi connectivity index (χ4n) is 7.76. The van der Waals surface area contributed by atoms with Crippen LogP contribution in [0.2, 0.25) is 0 Å². The van der Waals surface area contributed by atoms with Crippen molar-refractivity contribution in [3.8, 4) is 0 Å². The van der Waals surface area contributed by atoms with Gasteiger partial charge in [0.1, 0.15) is 12.1 Å². The molecule has 15 heteroatoms. The smallest absolute Gasteiger partial charge is 0.315 e. The monoisotopic (exact) mass is 757 g/mol. The summed E-state index contributed by atoms with van der Waals surface area (Å²) in [6, 6.07) is 0.480. The van der Waals surface area contributed by atoms with Crippen LogP contribution in [0.3, 0.4) is 0 Å². The number of pyridine rings is 1. The van der Waals surface area contributed by atoms with Crippen LogP contribution in [0, 0.1) is 28.6 Å². The highest BCUT2D eigenvalue weighted by molar-refractivity contribution is 7.89. The lowest BCUT2D eigenvalue weighted by molar-refractivity contribution is -0.144. The maximum atomic E-state index is 14.6. The van der Waals surface area contributed by atoms with E-state index in [1.54, 1.807) is 17.0 Å². The van der Waals surface area contributed by atoms with E-state index in [1.165, 1.54) is 19.3 Å².